The smallest absolute Gasteiger partial charge is 0.240 e. The maximum absolute atomic E-state index is 13.0. The van der Waals surface area contributed by atoms with E-state index in [1.165, 1.54) is 29.0 Å². The Labute approximate surface area is 180 Å². The largest absolute Gasteiger partial charge is 0.301 e. The number of nitrogens with zero attached hydrogens (tertiary/aromatic N) is 3. The Hall–Kier alpha value is -2.61. The third-order valence-corrected chi connectivity index (χ3v) is 6.01. The lowest BCUT2D eigenvalue weighted by Crippen LogP contribution is -2.48. The van der Waals surface area contributed by atoms with Gasteiger partial charge in [-0.15, -0.1) is 11.3 Å². The maximum Gasteiger partial charge on any atom is 0.240 e. The van der Waals surface area contributed by atoms with Gasteiger partial charge in [0.1, 0.15) is 5.82 Å². The van der Waals surface area contributed by atoms with Crippen LogP contribution in [-0.4, -0.2) is 53.4 Å². The molecular formula is C23H25FN4OS. The third kappa shape index (κ3) is 5.50. The Morgan fingerprint density at radius 2 is 1.70 bits per heavy atom. The average Bonchev–Trinajstić information content (AvgIpc) is 3.20. The van der Waals surface area contributed by atoms with E-state index >= 15 is 0 Å². The number of thiazole rings is 1. The number of anilines is 1. The highest BCUT2D eigenvalue weighted by Gasteiger charge is 2.19. The van der Waals surface area contributed by atoms with Crippen LogP contribution in [-0.2, 0) is 11.3 Å². The summed E-state index contributed by atoms with van der Waals surface area (Å²) in [6.45, 7) is 6.67. The Kier molecular flexibility index (Phi) is 6.52. The molecule has 2 heterocycles. The first kappa shape index (κ1) is 20.7. The number of carbonyl (C=O) groups excluding carboxylic acids is 1. The number of benzene rings is 2. The molecule has 0 radical (unpaired) electrons. The normalized spacial score (nSPS) is 15.3. The summed E-state index contributed by atoms with van der Waals surface area (Å²) in [6.07, 6.45) is 0. The van der Waals surface area contributed by atoms with Gasteiger partial charge in [0.2, 0.25) is 5.91 Å². The van der Waals surface area contributed by atoms with Crippen LogP contribution in [0.4, 0.5) is 9.52 Å². The highest BCUT2D eigenvalue weighted by molar-refractivity contribution is 7.14. The van der Waals surface area contributed by atoms with Crippen LogP contribution < -0.4 is 5.32 Å². The molecule has 1 aliphatic rings. The molecule has 1 aliphatic heterocycles. The number of rotatable bonds is 6. The molecule has 1 saturated heterocycles. The van der Waals surface area contributed by atoms with Gasteiger partial charge in [0.15, 0.2) is 5.13 Å². The van der Waals surface area contributed by atoms with Crippen molar-refractivity contribution in [2.24, 2.45) is 0 Å². The molecule has 1 aromatic heterocycles. The minimum Gasteiger partial charge on any atom is -0.301 e. The first-order valence-electron chi connectivity index (χ1n) is 10.1. The Morgan fingerprint density at radius 3 is 2.40 bits per heavy atom. The number of amides is 1. The molecule has 2 aromatic carbocycles. The van der Waals surface area contributed by atoms with Gasteiger partial charge in [-0.1, -0.05) is 42.0 Å². The van der Waals surface area contributed by atoms with Crippen LogP contribution in [0.5, 0.6) is 0 Å². The van der Waals surface area contributed by atoms with Gasteiger partial charge in [-0.05, 0) is 24.6 Å². The van der Waals surface area contributed by atoms with Crippen LogP contribution in [0.1, 0.15) is 11.1 Å². The number of aryl methyl sites for hydroxylation is 1. The van der Waals surface area contributed by atoms with Crippen LogP contribution >= 0.6 is 11.3 Å². The third-order valence-electron chi connectivity index (χ3n) is 5.25. The summed E-state index contributed by atoms with van der Waals surface area (Å²) in [5.41, 5.74) is 4.25. The molecule has 4 rings (SSSR count). The number of halogens is 1. The summed E-state index contributed by atoms with van der Waals surface area (Å²) in [5, 5.41) is 5.52. The first-order chi connectivity index (χ1) is 14.5. The van der Waals surface area contributed by atoms with E-state index in [0.717, 1.165) is 49.5 Å². The monoisotopic (exact) mass is 424 g/mol. The molecule has 0 aliphatic carbocycles. The van der Waals surface area contributed by atoms with Gasteiger partial charge in [0.05, 0.1) is 12.2 Å². The molecule has 1 N–H and O–H groups in total. The first-order valence-corrected chi connectivity index (χ1v) is 10.9. The Morgan fingerprint density at radius 1 is 1.03 bits per heavy atom. The summed E-state index contributed by atoms with van der Waals surface area (Å²) >= 11 is 1.45. The van der Waals surface area contributed by atoms with Gasteiger partial charge in [0, 0.05) is 43.7 Å². The summed E-state index contributed by atoms with van der Waals surface area (Å²) < 4.78 is 13.0. The van der Waals surface area contributed by atoms with Gasteiger partial charge in [0.25, 0.3) is 0 Å². The second kappa shape index (κ2) is 9.47. The zero-order chi connectivity index (χ0) is 20.9. The number of carbonyl (C=O) groups is 1. The SMILES string of the molecule is Cc1ccc(-c2csc(NC(=O)CN3CCN(Cc4ccc(F)cc4)CC3)n2)cc1. The van der Waals surface area contributed by atoms with Crippen molar-refractivity contribution in [1.29, 1.82) is 0 Å². The summed E-state index contributed by atoms with van der Waals surface area (Å²) in [6, 6.07) is 14.9. The molecule has 0 saturated carbocycles. The molecule has 156 valence electrons. The van der Waals surface area contributed by atoms with E-state index in [2.05, 4.69) is 39.2 Å². The van der Waals surface area contributed by atoms with Crippen LogP contribution in [0.2, 0.25) is 0 Å². The van der Waals surface area contributed by atoms with Crippen molar-refractivity contribution in [3.05, 3.63) is 70.9 Å². The van der Waals surface area contributed by atoms with E-state index in [4.69, 9.17) is 0 Å². The van der Waals surface area contributed by atoms with Gasteiger partial charge in [-0.3, -0.25) is 14.6 Å². The average molecular weight is 425 g/mol. The van der Waals surface area contributed by atoms with Crippen LogP contribution in [0.15, 0.2) is 53.9 Å². The summed E-state index contributed by atoms with van der Waals surface area (Å²) in [7, 11) is 0. The minimum absolute atomic E-state index is 0.0354. The van der Waals surface area contributed by atoms with Crippen molar-refractivity contribution in [2.45, 2.75) is 13.5 Å². The van der Waals surface area contributed by atoms with E-state index in [1.807, 2.05) is 29.6 Å². The molecule has 5 nitrogen and oxygen atoms in total. The highest BCUT2D eigenvalue weighted by Crippen LogP contribution is 2.25. The number of hydrogen-bond acceptors (Lipinski definition) is 5. The van der Waals surface area contributed by atoms with Crippen LogP contribution in [0.25, 0.3) is 11.3 Å². The topological polar surface area (TPSA) is 48.5 Å². The van der Waals surface area contributed by atoms with Gasteiger partial charge < -0.3 is 5.32 Å². The lowest BCUT2D eigenvalue weighted by Gasteiger charge is -2.34. The Balaban J connectivity index is 1.23. The molecule has 30 heavy (non-hydrogen) atoms. The minimum atomic E-state index is -0.208. The molecule has 7 heteroatoms. The van der Waals surface area contributed by atoms with Crippen molar-refractivity contribution >= 4 is 22.4 Å². The second-order valence-electron chi connectivity index (χ2n) is 7.63. The second-order valence-corrected chi connectivity index (χ2v) is 8.49. The molecule has 0 bridgehead atoms. The fraction of sp³-hybridized carbons (Fsp3) is 0.304. The zero-order valence-corrected chi connectivity index (χ0v) is 17.8. The molecule has 1 amide bonds. The van der Waals surface area contributed by atoms with Crippen molar-refractivity contribution in [2.75, 3.05) is 38.0 Å². The molecule has 0 unspecified atom stereocenters. The molecule has 0 spiro atoms. The highest BCUT2D eigenvalue weighted by atomic mass is 32.1. The summed E-state index contributed by atoms with van der Waals surface area (Å²) in [5.74, 6) is -0.243. The quantitative estimate of drug-likeness (QED) is 0.650. The number of piperazine rings is 1. The van der Waals surface area contributed by atoms with Crippen molar-refractivity contribution in [3.63, 3.8) is 0 Å². The van der Waals surface area contributed by atoms with Crippen molar-refractivity contribution in [1.82, 2.24) is 14.8 Å². The molecule has 1 fully saturated rings. The van der Waals surface area contributed by atoms with Crippen molar-refractivity contribution in [3.8, 4) is 11.3 Å². The fourth-order valence-corrected chi connectivity index (χ4v) is 4.24. The molecular weight excluding hydrogens is 399 g/mol. The predicted molar refractivity (Wildman–Crippen MR) is 119 cm³/mol. The Bertz CT molecular complexity index is 979. The van der Waals surface area contributed by atoms with E-state index in [9.17, 15) is 9.18 Å². The molecule has 3 aromatic rings. The van der Waals surface area contributed by atoms with Crippen LogP contribution in [0, 0.1) is 12.7 Å². The van der Waals surface area contributed by atoms with Gasteiger partial charge in [-0.25, -0.2) is 9.37 Å². The van der Waals surface area contributed by atoms with Gasteiger partial charge in [-0.2, -0.15) is 0 Å². The maximum atomic E-state index is 13.0. The number of nitrogens with one attached hydrogen (secondary N) is 1. The zero-order valence-electron chi connectivity index (χ0n) is 17.0. The van der Waals surface area contributed by atoms with Crippen LogP contribution in [0.3, 0.4) is 0 Å². The van der Waals surface area contributed by atoms with E-state index in [-0.39, 0.29) is 11.7 Å². The van der Waals surface area contributed by atoms with E-state index in [0.29, 0.717) is 11.7 Å². The van der Waals surface area contributed by atoms with Gasteiger partial charge >= 0.3 is 0 Å². The van der Waals surface area contributed by atoms with Crippen molar-refractivity contribution < 1.29 is 9.18 Å². The van der Waals surface area contributed by atoms with E-state index in [1.54, 1.807) is 0 Å². The fourth-order valence-electron chi connectivity index (χ4n) is 3.50. The number of aromatic nitrogens is 1. The lowest BCUT2D eigenvalue weighted by atomic mass is 10.1. The van der Waals surface area contributed by atoms with E-state index < -0.39 is 0 Å². The lowest BCUT2D eigenvalue weighted by molar-refractivity contribution is -0.117. The standard InChI is InChI=1S/C23H25FN4OS/c1-17-2-6-19(7-3-17)21-16-30-23(25-21)26-22(29)15-28-12-10-27(11-13-28)14-18-4-8-20(24)9-5-18/h2-9,16H,10-15H2,1H3,(H,25,26,29). The summed E-state index contributed by atoms with van der Waals surface area (Å²) in [4.78, 5) is 21.5. The number of hydrogen-bond donors (Lipinski definition) is 1. The molecule has 0 atom stereocenters. The predicted octanol–water partition coefficient (Wildman–Crippen LogP) is 4.01.